The van der Waals surface area contributed by atoms with Crippen LogP contribution in [-0.2, 0) is 24.3 Å². The van der Waals surface area contributed by atoms with E-state index in [1.54, 1.807) is 32.3 Å². The van der Waals surface area contributed by atoms with Crippen molar-refractivity contribution in [2.75, 3.05) is 34.4 Å². The number of nitrogens with one attached hydrogen (secondary N) is 2. The molecule has 0 radical (unpaired) electrons. The van der Waals surface area contributed by atoms with E-state index in [2.05, 4.69) is 23.5 Å². The Labute approximate surface area is 172 Å². The van der Waals surface area contributed by atoms with Crippen LogP contribution in [0.3, 0.4) is 0 Å². The minimum Gasteiger partial charge on any atom is -0.493 e. The van der Waals surface area contributed by atoms with Crippen LogP contribution >= 0.6 is 0 Å². The van der Waals surface area contributed by atoms with E-state index in [0.29, 0.717) is 23.8 Å². The summed E-state index contributed by atoms with van der Waals surface area (Å²) in [4.78, 5) is 14.2. The smallest absolute Gasteiger partial charge is 0.224 e. The molecule has 0 unspecified atom stereocenters. The van der Waals surface area contributed by atoms with Crippen molar-refractivity contribution in [2.45, 2.75) is 32.4 Å². The fourth-order valence-electron chi connectivity index (χ4n) is 3.96. The quantitative estimate of drug-likeness (QED) is 0.675. The maximum atomic E-state index is 12.6. The van der Waals surface area contributed by atoms with E-state index in [0.717, 1.165) is 12.1 Å². The number of amides is 1. The number of carbonyl (C=O) groups is 1. The van der Waals surface area contributed by atoms with Crippen molar-refractivity contribution in [2.24, 2.45) is 0 Å². The summed E-state index contributed by atoms with van der Waals surface area (Å²) >= 11 is 0. The molecule has 1 aliphatic rings. The van der Waals surface area contributed by atoms with Gasteiger partial charge in [0.15, 0.2) is 11.5 Å². The van der Waals surface area contributed by atoms with Crippen LogP contribution in [0.2, 0.25) is 0 Å². The number of methoxy groups -OCH3 is 3. The SMILES string of the molecule is COc1ccc(CC(=O)NCc2ccccc2C[NH+]2CCCC2)c(OC)c1OC. The minimum atomic E-state index is -0.0566. The predicted octanol–water partition coefficient (Wildman–Crippen LogP) is 1.75. The Kier molecular flexibility index (Phi) is 7.36. The van der Waals surface area contributed by atoms with Gasteiger partial charge in [-0.1, -0.05) is 30.3 Å². The molecule has 156 valence electrons. The number of hydrogen-bond acceptors (Lipinski definition) is 4. The molecule has 0 saturated carbocycles. The van der Waals surface area contributed by atoms with E-state index in [4.69, 9.17) is 14.2 Å². The highest BCUT2D eigenvalue weighted by molar-refractivity contribution is 5.80. The van der Waals surface area contributed by atoms with Crippen LogP contribution in [0.15, 0.2) is 36.4 Å². The molecule has 1 aliphatic heterocycles. The highest BCUT2D eigenvalue weighted by atomic mass is 16.5. The monoisotopic (exact) mass is 399 g/mol. The van der Waals surface area contributed by atoms with Gasteiger partial charge in [0.1, 0.15) is 6.54 Å². The number of benzene rings is 2. The van der Waals surface area contributed by atoms with Gasteiger partial charge < -0.3 is 24.4 Å². The fourth-order valence-corrected chi connectivity index (χ4v) is 3.96. The van der Waals surface area contributed by atoms with E-state index < -0.39 is 0 Å². The van der Waals surface area contributed by atoms with Crippen LogP contribution in [-0.4, -0.2) is 40.3 Å². The molecule has 2 aromatic rings. The molecule has 0 aromatic heterocycles. The average molecular weight is 400 g/mol. The normalized spacial score (nSPS) is 13.9. The van der Waals surface area contributed by atoms with Gasteiger partial charge in [-0.25, -0.2) is 0 Å². The molecule has 1 amide bonds. The van der Waals surface area contributed by atoms with Crippen molar-refractivity contribution >= 4 is 5.91 Å². The van der Waals surface area contributed by atoms with Crippen LogP contribution in [0.4, 0.5) is 0 Å². The maximum absolute atomic E-state index is 12.6. The first kappa shape index (κ1) is 21.0. The fraction of sp³-hybridized carbons (Fsp3) is 0.435. The van der Waals surface area contributed by atoms with Gasteiger partial charge in [-0.15, -0.1) is 0 Å². The summed E-state index contributed by atoms with van der Waals surface area (Å²) < 4.78 is 16.2. The van der Waals surface area contributed by atoms with Crippen molar-refractivity contribution in [1.82, 2.24) is 5.32 Å². The summed E-state index contributed by atoms with van der Waals surface area (Å²) in [6.45, 7) is 4.02. The topological polar surface area (TPSA) is 61.2 Å². The summed E-state index contributed by atoms with van der Waals surface area (Å²) in [5, 5.41) is 3.05. The zero-order valence-electron chi connectivity index (χ0n) is 17.5. The van der Waals surface area contributed by atoms with Crippen LogP contribution in [0.5, 0.6) is 17.2 Å². The van der Waals surface area contributed by atoms with Crippen molar-refractivity contribution in [1.29, 1.82) is 0 Å². The van der Waals surface area contributed by atoms with Gasteiger partial charge in [0.2, 0.25) is 11.7 Å². The molecule has 2 aromatic carbocycles. The zero-order valence-corrected chi connectivity index (χ0v) is 17.5. The lowest BCUT2D eigenvalue weighted by atomic mass is 10.1. The standard InChI is InChI=1S/C23H30N2O4/c1-27-20-11-10-17(22(28-2)23(20)29-3)14-21(26)24-15-18-8-4-5-9-19(18)16-25-12-6-7-13-25/h4-5,8-11H,6-7,12-16H2,1-3H3,(H,24,26)/p+1. The van der Waals surface area contributed by atoms with Gasteiger partial charge in [0, 0.05) is 30.5 Å². The molecule has 29 heavy (non-hydrogen) atoms. The summed E-state index contributed by atoms with van der Waals surface area (Å²) in [6, 6.07) is 12.0. The first-order chi connectivity index (χ1) is 14.2. The lowest BCUT2D eigenvalue weighted by molar-refractivity contribution is -0.901. The number of carbonyl (C=O) groups excluding carboxylic acids is 1. The maximum Gasteiger partial charge on any atom is 0.224 e. The Morgan fingerprint density at radius 1 is 0.897 bits per heavy atom. The van der Waals surface area contributed by atoms with Gasteiger partial charge in [0.25, 0.3) is 0 Å². The third-order valence-corrected chi connectivity index (χ3v) is 5.48. The Morgan fingerprint density at radius 3 is 2.24 bits per heavy atom. The molecule has 0 spiro atoms. The predicted molar refractivity (Wildman–Crippen MR) is 112 cm³/mol. The van der Waals surface area contributed by atoms with Crippen LogP contribution < -0.4 is 24.4 Å². The first-order valence-corrected chi connectivity index (χ1v) is 10.1. The van der Waals surface area contributed by atoms with Gasteiger partial charge >= 0.3 is 0 Å². The van der Waals surface area contributed by atoms with Crippen molar-refractivity contribution in [3.05, 3.63) is 53.1 Å². The molecule has 1 saturated heterocycles. The van der Waals surface area contributed by atoms with Gasteiger partial charge in [-0.05, 0) is 11.6 Å². The van der Waals surface area contributed by atoms with E-state index in [-0.39, 0.29) is 12.3 Å². The second kappa shape index (κ2) is 10.2. The first-order valence-electron chi connectivity index (χ1n) is 10.1. The molecule has 2 N–H and O–H groups in total. The molecule has 1 fully saturated rings. The summed E-state index contributed by atoms with van der Waals surface area (Å²) in [5.74, 6) is 1.55. The molecular weight excluding hydrogens is 368 g/mol. The lowest BCUT2D eigenvalue weighted by Crippen LogP contribution is -3.08. The average Bonchev–Trinajstić information content (AvgIpc) is 3.25. The van der Waals surface area contributed by atoms with Crippen molar-refractivity contribution in [3.63, 3.8) is 0 Å². The zero-order chi connectivity index (χ0) is 20.6. The summed E-state index contributed by atoms with van der Waals surface area (Å²) in [6.07, 6.45) is 2.83. The summed E-state index contributed by atoms with van der Waals surface area (Å²) in [7, 11) is 4.70. The Morgan fingerprint density at radius 2 is 1.59 bits per heavy atom. The van der Waals surface area contributed by atoms with Crippen LogP contribution in [0, 0.1) is 0 Å². The second-order valence-electron chi connectivity index (χ2n) is 7.35. The van der Waals surface area contributed by atoms with Gasteiger partial charge in [0.05, 0.1) is 40.8 Å². The molecule has 1 heterocycles. The third-order valence-electron chi connectivity index (χ3n) is 5.48. The Bertz CT molecular complexity index is 832. The highest BCUT2D eigenvalue weighted by Gasteiger charge is 2.19. The van der Waals surface area contributed by atoms with Crippen LogP contribution in [0.1, 0.15) is 29.5 Å². The highest BCUT2D eigenvalue weighted by Crippen LogP contribution is 2.39. The molecule has 6 heteroatoms. The van der Waals surface area contributed by atoms with E-state index >= 15 is 0 Å². The largest absolute Gasteiger partial charge is 0.493 e. The third kappa shape index (κ3) is 5.21. The molecule has 0 aliphatic carbocycles. The molecular formula is C23H31N2O4+. The number of ether oxygens (including phenoxy) is 3. The van der Waals surface area contributed by atoms with Crippen molar-refractivity contribution in [3.8, 4) is 17.2 Å². The number of likely N-dealkylation sites (tertiary alicyclic amines) is 1. The van der Waals surface area contributed by atoms with E-state index in [1.165, 1.54) is 37.1 Å². The van der Waals surface area contributed by atoms with Gasteiger partial charge in [-0.2, -0.15) is 0 Å². The van der Waals surface area contributed by atoms with E-state index in [9.17, 15) is 4.79 Å². The Balaban J connectivity index is 1.65. The van der Waals surface area contributed by atoms with E-state index in [1.807, 2.05) is 12.1 Å². The number of rotatable bonds is 9. The van der Waals surface area contributed by atoms with Gasteiger partial charge in [-0.3, -0.25) is 4.79 Å². The van der Waals surface area contributed by atoms with Crippen molar-refractivity contribution < 1.29 is 23.9 Å². The summed E-state index contributed by atoms with van der Waals surface area (Å²) in [5.41, 5.74) is 3.25. The number of hydrogen-bond donors (Lipinski definition) is 2. The molecule has 3 rings (SSSR count). The Hall–Kier alpha value is -2.73. The molecule has 0 atom stereocenters. The minimum absolute atomic E-state index is 0.0566. The molecule has 0 bridgehead atoms. The lowest BCUT2D eigenvalue weighted by Gasteiger charge is -2.17. The number of quaternary nitrogens is 1. The van der Waals surface area contributed by atoms with Crippen LogP contribution in [0.25, 0.3) is 0 Å². The second-order valence-corrected chi connectivity index (χ2v) is 7.35. The molecule has 6 nitrogen and oxygen atoms in total.